The fourth-order valence-corrected chi connectivity index (χ4v) is 11.1. The Hall–Kier alpha value is -8.14. The highest BCUT2D eigenvalue weighted by molar-refractivity contribution is 6.27. The lowest BCUT2D eigenvalue weighted by Gasteiger charge is -2.32. The number of rotatable bonds is 4. The van der Waals surface area contributed by atoms with Crippen LogP contribution in [0.4, 0.5) is 17.1 Å². The Morgan fingerprint density at radius 1 is 0.323 bits per heavy atom. The highest BCUT2D eigenvalue weighted by Gasteiger charge is 2.51. The Kier molecular flexibility index (Phi) is 6.76. The summed E-state index contributed by atoms with van der Waals surface area (Å²) < 4.78 is 13.5. The molecular weight excluding hydrogens is 755 g/mol. The summed E-state index contributed by atoms with van der Waals surface area (Å²) in [6, 6.07) is 77.4. The van der Waals surface area contributed by atoms with Crippen molar-refractivity contribution in [3.63, 3.8) is 0 Å². The maximum atomic E-state index is 6.99. The first-order chi connectivity index (χ1) is 30.7. The van der Waals surface area contributed by atoms with Gasteiger partial charge >= 0.3 is 0 Å². The van der Waals surface area contributed by atoms with Crippen LogP contribution < -0.4 is 4.90 Å². The van der Waals surface area contributed by atoms with Gasteiger partial charge in [0.1, 0.15) is 22.3 Å². The van der Waals surface area contributed by atoms with Crippen molar-refractivity contribution in [1.82, 2.24) is 0 Å². The van der Waals surface area contributed by atoms with E-state index in [0.29, 0.717) is 0 Å². The lowest BCUT2D eigenvalue weighted by Crippen LogP contribution is -2.26. The van der Waals surface area contributed by atoms with Crippen LogP contribution >= 0.6 is 0 Å². The van der Waals surface area contributed by atoms with Crippen LogP contribution in [-0.4, -0.2) is 0 Å². The van der Waals surface area contributed by atoms with Crippen LogP contribution in [0.5, 0.6) is 0 Å². The molecule has 2 heterocycles. The van der Waals surface area contributed by atoms with E-state index in [2.05, 4.69) is 199 Å². The standard InChI is InChI=1S/C59H35NO2/c1-2-16-39(17-3-1)60(40-28-29-45-44-20-8-12-24-51(44)59(52(45)35-40)49-22-10-6-18-42(49)43-19-7-11-23-50(43)59)41-33-47(38-27-26-36-14-4-5-15-37(36)32-38)58-48(34-41)57-55(62-58)31-30-54-56(57)46-21-9-13-25-53(46)61-54/h1-35H. The second-order valence-electron chi connectivity index (χ2n) is 16.7. The fourth-order valence-electron chi connectivity index (χ4n) is 11.1. The molecule has 0 saturated carbocycles. The summed E-state index contributed by atoms with van der Waals surface area (Å²) in [6.07, 6.45) is 0. The molecule has 0 aliphatic heterocycles. The van der Waals surface area contributed by atoms with Crippen molar-refractivity contribution in [2.24, 2.45) is 0 Å². The molecule has 0 atom stereocenters. The van der Waals surface area contributed by atoms with Crippen molar-refractivity contribution in [2.45, 2.75) is 5.41 Å². The smallest absolute Gasteiger partial charge is 0.143 e. The van der Waals surface area contributed by atoms with E-state index in [4.69, 9.17) is 8.83 Å². The van der Waals surface area contributed by atoms with E-state index < -0.39 is 5.41 Å². The van der Waals surface area contributed by atoms with Crippen molar-refractivity contribution in [3.05, 3.63) is 235 Å². The zero-order valence-corrected chi connectivity index (χ0v) is 33.5. The number of hydrogen-bond donors (Lipinski definition) is 0. The summed E-state index contributed by atoms with van der Waals surface area (Å²) in [7, 11) is 0. The van der Waals surface area contributed by atoms with E-state index in [0.717, 1.165) is 72.1 Å². The maximum absolute atomic E-state index is 6.99. The molecular formula is C59H35NO2. The van der Waals surface area contributed by atoms with Gasteiger partial charge in [0.05, 0.1) is 5.41 Å². The quantitative estimate of drug-likeness (QED) is 0.178. The third kappa shape index (κ3) is 4.44. The molecule has 0 fully saturated rings. The summed E-state index contributed by atoms with van der Waals surface area (Å²) in [5.74, 6) is 0. The predicted octanol–water partition coefficient (Wildman–Crippen LogP) is 16.1. The molecule has 2 aromatic heterocycles. The maximum Gasteiger partial charge on any atom is 0.143 e. The molecule has 14 rings (SSSR count). The van der Waals surface area contributed by atoms with E-state index in [1.807, 2.05) is 18.2 Å². The van der Waals surface area contributed by atoms with Crippen LogP contribution in [0.2, 0.25) is 0 Å². The molecule has 288 valence electrons. The second-order valence-corrected chi connectivity index (χ2v) is 16.7. The summed E-state index contributed by atoms with van der Waals surface area (Å²) in [5.41, 5.74) is 18.7. The largest absolute Gasteiger partial charge is 0.456 e. The monoisotopic (exact) mass is 789 g/mol. The highest BCUT2D eigenvalue weighted by atomic mass is 16.3. The van der Waals surface area contributed by atoms with Gasteiger partial charge in [0.2, 0.25) is 0 Å². The molecule has 1 spiro atoms. The van der Waals surface area contributed by atoms with E-state index >= 15 is 0 Å². The lowest BCUT2D eigenvalue weighted by molar-refractivity contribution is 0.663. The normalized spacial score (nSPS) is 13.3. The number of para-hydroxylation sites is 2. The first-order valence-electron chi connectivity index (χ1n) is 21.3. The molecule has 0 bridgehead atoms. The van der Waals surface area contributed by atoms with Crippen molar-refractivity contribution < 1.29 is 8.83 Å². The summed E-state index contributed by atoms with van der Waals surface area (Å²) >= 11 is 0. The molecule has 62 heavy (non-hydrogen) atoms. The predicted molar refractivity (Wildman–Crippen MR) is 255 cm³/mol. The Morgan fingerprint density at radius 3 is 1.66 bits per heavy atom. The van der Waals surface area contributed by atoms with Gasteiger partial charge in [0.15, 0.2) is 0 Å². The van der Waals surface area contributed by atoms with Crippen molar-refractivity contribution >= 4 is 71.7 Å². The van der Waals surface area contributed by atoms with E-state index in [-0.39, 0.29) is 0 Å². The van der Waals surface area contributed by atoms with Crippen molar-refractivity contribution in [1.29, 1.82) is 0 Å². The molecule has 0 amide bonds. The second kappa shape index (κ2) is 12.4. The minimum absolute atomic E-state index is 0.466. The first-order valence-corrected chi connectivity index (χ1v) is 21.3. The Bertz CT molecular complexity index is 3770. The molecule has 2 aliphatic carbocycles. The minimum atomic E-state index is -0.466. The number of benzene rings is 10. The molecule has 3 heteroatoms. The number of fused-ring (bicyclic) bond motifs is 18. The Labute approximate surface area is 357 Å². The third-order valence-corrected chi connectivity index (χ3v) is 13.6. The molecule has 3 nitrogen and oxygen atoms in total. The molecule has 0 N–H and O–H groups in total. The number of furan rings is 2. The minimum Gasteiger partial charge on any atom is -0.456 e. The average molecular weight is 790 g/mol. The Balaban J connectivity index is 1.08. The van der Waals surface area contributed by atoms with E-state index in [1.165, 1.54) is 55.3 Å². The molecule has 0 unspecified atom stereocenters. The first kappa shape index (κ1) is 33.7. The number of nitrogens with zero attached hydrogens (tertiary/aromatic N) is 1. The van der Waals surface area contributed by atoms with Crippen molar-refractivity contribution in [2.75, 3.05) is 4.90 Å². The lowest BCUT2D eigenvalue weighted by atomic mass is 9.70. The topological polar surface area (TPSA) is 29.5 Å². The van der Waals surface area contributed by atoms with Gasteiger partial charge in [0.25, 0.3) is 0 Å². The SMILES string of the molecule is c1ccc(N(c2ccc3c(c2)C2(c4ccccc4-c4ccccc42)c2ccccc2-3)c2cc(-c3ccc4ccccc4c3)c3oc4ccc5oc6ccccc6c5c4c3c2)cc1. The third-order valence-electron chi connectivity index (χ3n) is 13.6. The molecule has 2 aliphatic rings. The highest BCUT2D eigenvalue weighted by Crippen LogP contribution is 2.63. The van der Waals surface area contributed by atoms with Gasteiger partial charge in [-0.15, -0.1) is 0 Å². The number of anilines is 3. The molecule has 0 saturated heterocycles. The van der Waals surface area contributed by atoms with Crippen LogP contribution in [0.15, 0.2) is 221 Å². The summed E-state index contributed by atoms with van der Waals surface area (Å²) in [4.78, 5) is 2.43. The van der Waals surface area contributed by atoms with Gasteiger partial charge in [-0.05, 0) is 122 Å². The van der Waals surface area contributed by atoms with Gasteiger partial charge in [-0.25, -0.2) is 0 Å². The van der Waals surface area contributed by atoms with Crippen LogP contribution in [-0.2, 0) is 5.41 Å². The van der Waals surface area contributed by atoms with Crippen LogP contribution in [0.1, 0.15) is 22.3 Å². The van der Waals surface area contributed by atoms with Crippen LogP contribution in [0.3, 0.4) is 0 Å². The summed E-state index contributed by atoms with van der Waals surface area (Å²) in [5, 5.41) is 6.64. The molecule has 10 aromatic carbocycles. The zero-order chi connectivity index (χ0) is 40.5. The van der Waals surface area contributed by atoms with Gasteiger partial charge < -0.3 is 13.7 Å². The Morgan fingerprint density at radius 2 is 0.919 bits per heavy atom. The van der Waals surface area contributed by atoms with Crippen LogP contribution in [0, 0.1) is 0 Å². The van der Waals surface area contributed by atoms with Gasteiger partial charge in [-0.2, -0.15) is 0 Å². The van der Waals surface area contributed by atoms with Crippen molar-refractivity contribution in [3.8, 4) is 33.4 Å². The molecule has 12 aromatic rings. The molecule has 0 radical (unpaired) electrons. The van der Waals surface area contributed by atoms with Crippen LogP contribution in [0.25, 0.3) is 88.0 Å². The summed E-state index contributed by atoms with van der Waals surface area (Å²) in [6.45, 7) is 0. The number of hydrogen-bond acceptors (Lipinski definition) is 3. The zero-order valence-electron chi connectivity index (χ0n) is 33.5. The average Bonchev–Trinajstić information content (AvgIpc) is 4.07. The van der Waals surface area contributed by atoms with Gasteiger partial charge in [0, 0.05) is 44.2 Å². The van der Waals surface area contributed by atoms with Gasteiger partial charge in [-0.3, -0.25) is 0 Å². The van der Waals surface area contributed by atoms with E-state index in [9.17, 15) is 0 Å². The van der Waals surface area contributed by atoms with Gasteiger partial charge in [-0.1, -0.05) is 152 Å². The van der Waals surface area contributed by atoms with E-state index in [1.54, 1.807) is 0 Å². The fraction of sp³-hybridized carbons (Fsp3) is 0.0169.